The normalized spacial score (nSPS) is 18.8. The highest BCUT2D eigenvalue weighted by molar-refractivity contribution is 7.99. The summed E-state index contributed by atoms with van der Waals surface area (Å²) < 4.78 is 1.90. The summed E-state index contributed by atoms with van der Waals surface area (Å²) in [5.74, 6) is 0.179. The molecule has 1 aliphatic carbocycles. The first-order valence-electron chi connectivity index (χ1n) is 7.52. The van der Waals surface area contributed by atoms with E-state index in [1.165, 1.54) is 24.6 Å². The molecule has 1 aromatic rings. The third-order valence-electron chi connectivity index (χ3n) is 3.93. The Morgan fingerprint density at radius 2 is 2.24 bits per heavy atom. The Hall–Kier alpha value is -1.15. The number of aromatic nitrogens is 4. The maximum Gasteiger partial charge on any atom is 0.238 e. The second-order valence-corrected chi connectivity index (χ2v) is 6.70. The van der Waals surface area contributed by atoms with Crippen LogP contribution in [0, 0.1) is 0 Å². The zero-order valence-electron chi connectivity index (χ0n) is 12.7. The van der Waals surface area contributed by atoms with Gasteiger partial charge < -0.3 is 11.1 Å². The van der Waals surface area contributed by atoms with Crippen LogP contribution in [0.3, 0.4) is 0 Å². The van der Waals surface area contributed by atoms with Gasteiger partial charge in [-0.05, 0) is 43.2 Å². The SMILES string of the molecule is CCCNC(C)(CSc1nnnn1C1CCCC1)C(N)=O. The third kappa shape index (κ3) is 3.94. The predicted molar refractivity (Wildman–Crippen MR) is 81.9 cm³/mol. The van der Waals surface area contributed by atoms with Gasteiger partial charge in [0, 0.05) is 5.75 Å². The van der Waals surface area contributed by atoms with E-state index in [2.05, 4.69) is 27.8 Å². The first kappa shape index (κ1) is 16.2. The van der Waals surface area contributed by atoms with Gasteiger partial charge in [-0.2, -0.15) is 0 Å². The maximum atomic E-state index is 11.7. The molecule has 0 aliphatic heterocycles. The van der Waals surface area contributed by atoms with Crippen LogP contribution in [-0.4, -0.2) is 44.0 Å². The Bertz CT molecular complexity index is 473. The molecule has 1 heterocycles. The summed E-state index contributed by atoms with van der Waals surface area (Å²) in [6.07, 6.45) is 5.66. The minimum Gasteiger partial charge on any atom is -0.368 e. The van der Waals surface area contributed by atoms with E-state index in [1.54, 1.807) is 0 Å². The molecular weight excluding hydrogens is 288 g/mol. The number of tetrazole rings is 1. The van der Waals surface area contributed by atoms with Crippen molar-refractivity contribution in [2.75, 3.05) is 12.3 Å². The molecule has 118 valence electrons. The number of nitrogens with one attached hydrogen (secondary N) is 1. The van der Waals surface area contributed by atoms with Crippen molar-refractivity contribution < 1.29 is 4.79 Å². The number of carbonyl (C=O) groups is 1. The summed E-state index contributed by atoms with van der Waals surface area (Å²) in [7, 11) is 0. The van der Waals surface area contributed by atoms with Crippen LogP contribution >= 0.6 is 11.8 Å². The Morgan fingerprint density at radius 3 is 2.86 bits per heavy atom. The summed E-state index contributed by atoms with van der Waals surface area (Å²) in [5.41, 5.74) is 4.80. The standard InChI is InChI=1S/C13H24N6OS/c1-3-8-15-13(2,11(14)20)9-21-12-16-17-18-19(12)10-6-4-5-7-10/h10,15H,3-9H2,1-2H3,(H2,14,20). The average Bonchev–Trinajstić information content (AvgIpc) is 3.12. The molecule has 21 heavy (non-hydrogen) atoms. The second kappa shape index (κ2) is 7.22. The van der Waals surface area contributed by atoms with Crippen molar-refractivity contribution in [3.8, 4) is 0 Å². The largest absolute Gasteiger partial charge is 0.368 e. The fourth-order valence-electron chi connectivity index (χ4n) is 2.48. The van der Waals surface area contributed by atoms with Gasteiger partial charge in [0.25, 0.3) is 0 Å². The van der Waals surface area contributed by atoms with E-state index in [0.29, 0.717) is 11.8 Å². The van der Waals surface area contributed by atoms with E-state index in [9.17, 15) is 4.79 Å². The van der Waals surface area contributed by atoms with Gasteiger partial charge >= 0.3 is 0 Å². The first-order chi connectivity index (χ1) is 10.1. The molecule has 7 nitrogen and oxygen atoms in total. The van der Waals surface area contributed by atoms with Gasteiger partial charge in [-0.15, -0.1) is 5.10 Å². The van der Waals surface area contributed by atoms with Crippen LogP contribution in [0.1, 0.15) is 52.0 Å². The fraction of sp³-hybridized carbons (Fsp3) is 0.846. The minimum atomic E-state index is -0.743. The van der Waals surface area contributed by atoms with Crippen LogP contribution in [0.5, 0.6) is 0 Å². The van der Waals surface area contributed by atoms with Gasteiger partial charge in [0.15, 0.2) is 0 Å². The van der Waals surface area contributed by atoms with Crippen LogP contribution < -0.4 is 11.1 Å². The third-order valence-corrected chi connectivity index (χ3v) is 5.18. The molecule has 1 saturated carbocycles. The summed E-state index contributed by atoms with van der Waals surface area (Å²) in [6, 6.07) is 0.394. The molecule has 2 rings (SSSR count). The first-order valence-corrected chi connectivity index (χ1v) is 8.51. The van der Waals surface area contributed by atoms with Crippen molar-refractivity contribution >= 4 is 17.7 Å². The van der Waals surface area contributed by atoms with Crippen molar-refractivity contribution in [1.82, 2.24) is 25.5 Å². The van der Waals surface area contributed by atoms with E-state index in [0.717, 1.165) is 31.0 Å². The fourth-order valence-corrected chi connectivity index (χ4v) is 3.55. The summed E-state index contributed by atoms with van der Waals surface area (Å²) in [4.78, 5) is 11.7. The van der Waals surface area contributed by atoms with Gasteiger partial charge in [0.1, 0.15) is 5.54 Å². The molecular formula is C13H24N6OS. The van der Waals surface area contributed by atoms with E-state index < -0.39 is 5.54 Å². The molecule has 1 unspecified atom stereocenters. The lowest BCUT2D eigenvalue weighted by molar-refractivity contribution is -0.122. The van der Waals surface area contributed by atoms with Crippen molar-refractivity contribution in [3.05, 3.63) is 0 Å². The number of nitrogens with two attached hydrogens (primary N) is 1. The van der Waals surface area contributed by atoms with Crippen LogP contribution in [0.15, 0.2) is 5.16 Å². The second-order valence-electron chi connectivity index (χ2n) is 5.76. The maximum absolute atomic E-state index is 11.7. The van der Waals surface area contributed by atoms with Crippen LogP contribution in [0.4, 0.5) is 0 Å². The number of thioether (sulfide) groups is 1. The minimum absolute atomic E-state index is 0.344. The van der Waals surface area contributed by atoms with Gasteiger partial charge in [-0.3, -0.25) is 4.79 Å². The highest BCUT2D eigenvalue weighted by atomic mass is 32.2. The molecule has 3 N–H and O–H groups in total. The molecule has 0 saturated heterocycles. The molecule has 0 radical (unpaired) electrons. The number of hydrogen-bond donors (Lipinski definition) is 2. The van der Waals surface area contributed by atoms with Crippen molar-refractivity contribution in [1.29, 1.82) is 0 Å². The number of nitrogens with zero attached hydrogens (tertiary/aromatic N) is 4. The molecule has 0 bridgehead atoms. The number of primary amides is 1. The Labute approximate surface area is 129 Å². The zero-order valence-corrected chi connectivity index (χ0v) is 13.5. The molecule has 0 aromatic carbocycles. The van der Waals surface area contributed by atoms with Crippen LogP contribution in [0.2, 0.25) is 0 Å². The zero-order chi connectivity index (χ0) is 15.3. The van der Waals surface area contributed by atoms with Gasteiger partial charge in [0.05, 0.1) is 6.04 Å². The van der Waals surface area contributed by atoms with Crippen molar-refractivity contribution in [2.45, 2.75) is 62.7 Å². The smallest absolute Gasteiger partial charge is 0.238 e. The molecule has 1 amide bonds. The predicted octanol–water partition coefficient (Wildman–Crippen LogP) is 1.12. The number of hydrogen-bond acceptors (Lipinski definition) is 6. The Morgan fingerprint density at radius 1 is 1.52 bits per heavy atom. The van der Waals surface area contributed by atoms with Crippen LogP contribution in [0.25, 0.3) is 0 Å². The summed E-state index contributed by atoms with van der Waals surface area (Å²) in [5, 5.41) is 16.0. The lowest BCUT2D eigenvalue weighted by atomic mass is 10.1. The molecule has 0 spiro atoms. The number of carbonyl (C=O) groups excluding carboxylic acids is 1. The van der Waals surface area contributed by atoms with Gasteiger partial charge in [-0.1, -0.05) is 31.5 Å². The molecule has 1 atom stereocenters. The monoisotopic (exact) mass is 312 g/mol. The Balaban J connectivity index is 2.00. The molecule has 1 fully saturated rings. The lowest BCUT2D eigenvalue weighted by Crippen LogP contribution is -2.55. The topological polar surface area (TPSA) is 98.7 Å². The van der Waals surface area contributed by atoms with E-state index in [1.807, 2.05) is 11.6 Å². The molecule has 1 aliphatic rings. The van der Waals surface area contributed by atoms with Gasteiger partial charge in [0.2, 0.25) is 11.1 Å². The molecule has 8 heteroatoms. The number of rotatable bonds is 8. The van der Waals surface area contributed by atoms with Crippen molar-refractivity contribution in [2.24, 2.45) is 5.73 Å². The van der Waals surface area contributed by atoms with E-state index in [4.69, 9.17) is 5.73 Å². The van der Waals surface area contributed by atoms with Gasteiger partial charge in [-0.25, -0.2) is 4.68 Å². The quantitative estimate of drug-likeness (QED) is 0.698. The van der Waals surface area contributed by atoms with E-state index >= 15 is 0 Å². The highest BCUT2D eigenvalue weighted by Gasteiger charge is 2.32. The number of amides is 1. The van der Waals surface area contributed by atoms with E-state index in [-0.39, 0.29) is 5.91 Å². The Kier molecular flexibility index (Phi) is 5.58. The van der Waals surface area contributed by atoms with Crippen LogP contribution in [-0.2, 0) is 4.79 Å². The van der Waals surface area contributed by atoms with Crippen molar-refractivity contribution in [3.63, 3.8) is 0 Å². The average molecular weight is 312 g/mol. The summed E-state index contributed by atoms with van der Waals surface area (Å²) >= 11 is 1.49. The summed E-state index contributed by atoms with van der Waals surface area (Å²) in [6.45, 7) is 4.65. The lowest BCUT2D eigenvalue weighted by Gasteiger charge is -2.26. The molecule has 1 aromatic heterocycles. The highest BCUT2D eigenvalue weighted by Crippen LogP contribution is 2.32.